The molecule has 0 aromatic heterocycles. The molecule has 1 fully saturated rings. The molecule has 0 bridgehead atoms. The summed E-state index contributed by atoms with van der Waals surface area (Å²) in [5.74, 6) is -9.32. The van der Waals surface area contributed by atoms with E-state index >= 15 is 0 Å². The minimum Gasteiger partial charge on any atom is -0.480 e. The molecule has 1 aliphatic rings. The number of amides is 10. The molecule has 386 valence electrons. The largest absolute Gasteiger partial charge is 0.480 e. The minimum atomic E-state index is -1.78. The number of aliphatic hydroxyl groups is 2. The number of primary amides is 1. The number of carboxylic acids is 1. The standard InChI is InChI=1S/C41H74N14O13/c1-20(2)16-25(51-32(60)24(10-7-13-46-40(43)44)50-38(66)30(42)21(3)4)34(62)49-23(11-8-14-47-41(45)68)33(61)52-26(18-56)35(63)53-27(19-57)36(64)54-31(22(5)6)39(67)55-15-9-12-28(55)37(65)48-17-29(58)59/h20-28,30-31,56-57H,7-19,42H2,1-6H3,(H,48,65)(H,49,62)(H,50,66)(H,51,60)(H,52,61)(H,53,63)(H,54,64)(H,58,59)(H4,43,44,46)(H3,45,47,68)/t23-,24-,25-,26-,27-,28-,30-,31-/m0/s1. The molecular formula is C41H74N14O13. The van der Waals surface area contributed by atoms with Crippen LogP contribution in [-0.4, -0.2) is 173 Å². The molecule has 0 radical (unpaired) electrons. The van der Waals surface area contributed by atoms with Gasteiger partial charge in [-0.3, -0.25) is 48.1 Å². The Balaban J connectivity index is 3.30. The molecule has 0 spiro atoms. The summed E-state index contributed by atoms with van der Waals surface area (Å²) in [6.45, 7) is 7.66. The molecule has 1 saturated heterocycles. The number of nitrogens with zero attached hydrogens (tertiary/aromatic N) is 2. The van der Waals surface area contributed by atoms with E-state index in [9.17, 15) is 58.2 Å². The maximum absolute atomic E-state index is 14.0. The number of carboxylic acid groups (broad SMARTS) is 1. The summed E-state index contributed by atoms with van der Waals surface area (Å²) in [5, 5.41) is 48.7. The number of guanidine groups is 1. The molecule has 0 aromatic carbocycles. The van der Waals surface area contributed by atoms with E-state index in [2.05, 4.69) is 47.5 Å². The van der Waals surface area contributed by atoms with Gasteiger partial charge in [0.05, 0.1) is 19.3 Å². The normalized spacial score (nSPS) is 16.5. The fourth-order valence-electron chi connectivity index (χ4n) is 6.84. The fraction of sp³-hybridized carbons (Fsp3) is 0.732. The average molecular weight is 971 g/mol. The molecule has 1 rings (SSSR count). The number of nitrogens with one attached hydrogen (secondary N) is 8. The Kier molecular flexibility index (Phi) is 26.4. The van der Waals surface area contributed by atoms with Crippen molar-refractivity contribution in [2.75, 3.05) is 39.4 Å². The van der Waals surface area contributed by atoms with Gasteiger partial charge in [0.2, 0.25) is 47.3 Å². The van der Waals surface area contributed by atoms with E-state index in [1.807, 2.05) is 0 Å². The second-order valence-electron chi connectivity index (χ2n) is 17.5. The molecule has 0 aliphatic carbocycles. The van der Waals surface area contributed by atoms with Crippen LogP contribution in [0.3, 0.4) is 0 Å². The molecule has 0 saturated carbocycles. The molecule has 27 nitrogen and oxygen atoms in total. The maximum atomic E-state index is 14.0. The van der Waals surface area contributed by atoms with Crippen molar-refractivity contribution in [3.8, 4) is 0 Å². The summed E-state index contributed by atoms with van der Waals surface area (Å²) in [7, 11) is 0. The van der Waals surface area contributed by atoms with Gasteiger partial charge in [0.15, 0.2) is 5.96 Å². The first-order chi connectivity index (χ1) is 31.8. The second-order valence-corrected chi connectivity index (χ2v) is 17.5. The lowest BCUT2D eigenvalue weighted by Gasteiger charge is -2.31. The lowest BCUT2D eigenvalue weighted by atomic mass is 10.0. The zero-order chi connectivity index (χ0) is 51.8. The molecule has 27 heteroatoms. The summed E-state index contributed by atoms with van der Waals surface area (Å²) in [6, 6.07) is -11.6. The number of likely N-dealkylation sites (tertiary alicyclic amines) is 1. The Labute approximate surface area is 395 Å². The van der Waals surface area contributed by atoms with Crippen LogP contribution >= 0.6 is 0 Å². The van der Waals surface area contributed by atoms with Crippen molar-refractivity contribution in [2.45, 2.75) is 135 Å². The van der Waals surface area contributed by atoms with E-state index in [0.29, 0.717) is 6.42 Å². The molecule has 68 heavy (non-hydrogen) atoms. The maximum Gasteiger partial charge on any atom is 0.322 e. The number of hydrogen-bond acceptors (Lipinski definition) is 14. The Bertz CT molecular complexity index is 1780. The molecule has 19 N–H and O–H groups in total. The Morgan fingerprint density at radius 1 is 0.647 bits per heavy atom. The van der Waals surface area contributed by atoms with Gasteiger partial charge in [0.1, 0.15) is 48.8 Å². The Morgan fingerprint density at radius 3 is 1.62 bits per heavy atom. The van der Waals surface area contributed by atoms with Gasteiger partial charge in [-0.1, -0.05) is 41.5 Å². The van der Waals surface area contributed by atoms with Crippen LogP contribution in [0.5, 0.6) is 0 Å². The smallest absolute Gasteiger partial charge is 0.322 e. The number of nitrogens with two attached hydrogens (primary N) is 4. The van der Waals surface area contributed by atoms with Crippen molar-refractivity contribution in [1.29, 1.82) is 0 Å². The number of hydrogen-bond donors (Lipinski definition) is 15. The van der Waals surface area contributed by atoms with Crippen molar-refractivity contribution in [1.82, 2.24) is 47.4 Å². The average Bonchev–Trinajstić information content (AvgIpc) is 3.76. The van der Waals surface area contributed by atoms with Gasteiger partial charge >= 0.3 is 12.0 Å². The summed E-state index contributed by atoms with van der Waals surface area (Å²) in [6.07, 6.45) is 0.867. The first-order valence-corrected chi connectivity index (χ1v) is 22.5. The first kappa shape index (κ1) is 59.7. The van der Waals surface area contributed by atoms with Gasteiger partial charge < -0.3 is 85.7 Å². The van der Waals surface area contributed by atoms with Crippen molar-refractivity contribution < 1.29 is 63.3 Å². The predicted molar refractivity (Wildman–Crippen MR) is 245 cm³/mol. The summed E-state index contributed by atoms with van der Waals surface area (Å²) < 4.78 is 0. The predicted octanol–water partition coefficient (Wildman–Crippen LogP) is -5.74. The van der Waals surface area contributed by atoms with E-state index in [0.717, 1.165) is 0 Å². The summed E-state index contributed by atoms with van der Waals surface area (Å²) in [5.41, 5.74) is 22.0. The Morgan fingerprint density at radius 2 is 1.13 bits per heavy atom. The number of rotatable bonds is 30. The minimum absolute atomic E-state index is 0.0452. The van der Waals surface area contributed by atoms with Crippen LogP contribution in [0.25, 0.3) is 0 Å². The van der Waals surface area contributed by atoms with Gasteiger partial charge in [-0.05, 0) is 62.7 Å². The van der Waals surface area contributed by atoms with E-state index in [1.54, 1.807) is 41.5 Å². The van der Waals surface area contributed by atoms with Gasteiger partial charge in [0, 0.05) is 19.6 Å². The van der Waals surface area contributed by atoms with Crippen LogP contribution in [0.15, 0.2) is 4.99 Å². The topological polar surface area (TPSA) is 447 Å². The van der Waals surface area contributed by atoms with Crippen LogP contribution in [-0.2, 0) is 43.2 Å². The second kappa shape index (κ2) is 30.1. The highest BCUT2D eigenvalue weighted by atomic mass is 16.4. The highest BCUT2D eigenvalue weighted by molar-refractivity contribution is 5.98. The quantitative estimate of drug-likeness (QED) is 0.0181. The third kappa shape index (κ3) is 21.1. The number of carbonyl (C=O) groups is 10. The lowest BCUT2D eigenvalue weighted by molar-refractivity contribution is -0.144. The van der Waals surface area contributed by atoms with Crippen molar-refractivity contribution in [3.63, 3.8) is 0 Å². The third-order valence-corrected chi connectivity index (χ3v) is 10.7. The third-order valence-electron chi connectivity index (χ3n) is 10.7. The van der Waals surface area contributed by atoms with Gasteiger partial charge in [0.25, 0.3) is 0 Å². The summed E-state index contributed by atoms with van der Waals surface area (Å²) in [4.78, 5) is 135. The van der Waals surface area contributed by atoms with Crippen molar-refractivity contribution in [3.05, 3.63) is 0 Å². The first-order valence-electron chi connectivity index (χ1n) is 22.5. The zero-order valence-corrected chi connectivity index (χ0v) is 39.7. The number of carbonyl (C=O) groups excluding carboxylic acids is 9. The van der Waals surface area contributed by atoms with Crippen molar-refractivity contribution in [2.24, 2.45) is 45.7 Å². The Hall–Kier alpha value is -6.35. The molecule has 10 amide bonds. The number of urea groups is 1. The van der Waals surface area contributed by atoms with E-state index in [-0.39, 0.29) is 76.0 Å². The van der Waals surface area contributed by atoms with E-state index < -0.39 is 133 Å². The van der Waals surface area contributed by atoms with Crippen LogP contribution < -0.4 is 65.5 Å². The number of aliphatic carboxylic acids is 1. The van der Waals surface area contributed by atoms with Gasteiger partial charge in [-0.25, -0.2) is 4.79 Å². The van der Waals surface area contributed by atoms with E-state index in [4.69, 9.17) is 28.0 Å². The zero-order valence-electron chi connectivity index (χ0n) is 39.7. The number of aliphatic hydroxyl groups excluding tert-OH is 2. The lowest BCUT2D eigenvalue weighted by Crippen LogP contribution is -2.62. The van der Waals surface area contributed by atoms with Gasteiger partial charge in [-0.2, -0.15) is 0 Å². The van der Waals surface area contributed by atoms with Gasteiger partial charge in [-0.15, -0.1) is 0 Å². The number of aliphatic imine (C=N–C) groups is 1. The molecular weight excluding hydrogens is 897 g/mol. The highest BCUT2D eigenvalue weighted by Crippen LogP contribution is 2.21. The summed E-state index contributed by atoms with van der Waals surface area (Å²) >= 11 is 0. The fourth-order valence-corrected chi connectivity index (χ4v) is 6.84. The molecule has 0 aromatic rings. The van der Waals surface area contributed by atoms with Crippen LogP contribution in [0.4, 0.5) is 4.79 Å². The highest BCUT2D eigenvalue weighted by Gasteiger charge is 2.40. The molecule has 8 atom stereocenters. The monoisotopic (exact) mass is 971 g/mol. The molecule has 0 unspecified atom stereocenters. The van der Waals surface area contributed by atoms with Crippen LogP contribution in [0.2, 0.25) is 0 Å². The van der Waals surface area contributed by atoms with Crippen molar-refractivity contribution >= 4 is 65.2 Å². The van der Waals surface area contributed by atoms with Crippen LogP contribution in [0.1, 0.15) is 86.5 Å². The molecule has 1 heterocycles. The SMILES string of the molecule is CC(C)C[C@H](NC(=O)[C@H](CCCN=C(N)N)NC(=O)[C@@H](N)C(C)C)C(=O)N[C@@H](CCCNC(N)=O)C(=O)N[C@@H](CO)C(=O)N[C@@H](CO)C(=O)N[C@H](C(=O)N1CCC[C@H]1C(=O)NCC(=O)O)C(C)C. The molecule has 1 aliphatic heterocycles. The van der Waals surface area contributed by atoms with E-state index in [1.165, 1.54) is 4.90 Å². The van der Waals surface area contributed by atoms with Crippen LogP contribution in [0, 0.1) is 17.8 Å².